The number of nitrogens with two attached hydrogens (primary N) is 1. The van der Waals surface area contributed by atoms with Gasteiger partial charge in [0.25, 0.3) is 0 Å². The van der Waals surface area contributed by atoms with Gasteiger partial charge in [-0.3, -0.25) is 0 Å². The Morgan fingerprint density at radius 2 is 1.68 bits per heavy atom. The predicted octanol–water partition coefficient (Wildman–Crippen LogP) is 3.91. The van der Waals surface area contributed by atoms with Crippen LogP contribution in [0.4, 0.5) is 10.5 Å². The summed E-state index contributed by atoms with van der Waals surface area (Å²) in [6, 6.07) is 8.83. The highest BCUT2D eigenvalue weighted by atomic mass is 16.6. The zero-order valence-electron chi connectivity index (χ0n) is 13.7. The van der Waals surface area contributed by atoms with E-state index in [-0.39, 0.29) is 6.09 Å². The zero-order valence-corrected chi connectivity index (χ0v) is 13.7. The largest absolute Gasteiger partial charge is 0.444 e. The van der Waals surface area contributed by atoms with Gasteiger partial charge in [0.05, 0.1) is 0 Å². The van der Waals surface area contributed by atoms with Gasteiger partial charge in [0.1, 0.15) is 5.60 Å². The van der Waals surface area contributed by atoms with Crippen molar-refractivity contribution in [3.05, 3.63) is 29.8 Å². The van der Waals surface area contributed by atoms with Crippen molar-refractivity contribution in [3.8, 4) is 0 Å². The fourth-order valence-corrected chi connectivity index (χ4v) is 3.83. The van der Waals surface area contributed by atoms with Crippen molar-refractivity contribution in [2.45, 2.75) is 70.1 Å². The van der Waals surface area contributed by atoms with Crippen molar-refractivity contribution in [2.75, 3.05) is 5.73 Å². The number of fused-ring (bicyclic) bond motifs is 2. The molecule has 2 bridgehead atoms. The number of carbonyl (C=O) groups excluding carboxylic acids is 1. The van der Waals surface area contributed by atoms with Crippen molar-refractivity contribution >= 4 is 11.8 Å². The number of benzene rings is 1. The van der Waals surface area contributed by atoms with Crippen LogP contribution in [0, 0.1) is 0 Å². The number of hydrogen-bond acceptors (Lipinski definition) is 3. The van der Waals surface area contributed by atoms with Gasteiger partial charge >= 0.3 is 6.09 Å². The summed E-state index contributed by atoms with van der Waals surface area (Å²) >= 11 is 0. The smallest absolute Gasteiger partial charge is 0.410 e. The maximum atomic E-state index is 12.4. The molecule has 4 heteroatoms. The van der Waals surface area contributed by atoms with Crippen LogP contribution in [0.15, 0.2) is 24.3 Å². The van der Waals surface area contributed by atoms with Crippen LogP contribution in [0.2, 0.25) is 0 Å². The second-order valence-electron chi connectivity index (χ2n) is 7.61. The molecule has 2 aliphatic heterocycles. The van der Waals surface area contributed by atoms with E-state index in [1.54, 1.807) is 0 Å². The van der Waals surface area contributed by atoms with E-state index in [1.807, 2.05) is 37.8 Å². The Morgan fingerprint density at radius 3 is 2.18 bits per heavy atom. The van der Waals surface area contributed by atoms with Crippen molar-refractivity contribution in [1.29, 1.82) is 0 Å². The molecule has 0 saturated carbocycles. The molecule has 1 aromatic rings. The normalized spacial score (nSPS) is 27.8. The van der Waals surface area contributed by atoms with Gasteiger partial charge in [0.2, 0.25) is 0 Å². The number of rotatable bonds is 1. The summed E-state index contributed by atoms with van der Waals surface area (Å²) < 4.78 is 5.59. The first-order chi connectivity index (χ1) is 10.3. The van der Waals surface area contributed by atoms with Crippen molar-refractivity contribution in [1.82, 2.24) is 4.90 Å². The SMILES string of the molecule is CC(C)(C)OC(=O)N1[C@@H]2CC[C@H]1CC(c1ccc(N)cc1)C2. The summed E-state index contributed by atoms with van der Waals surface area (Å²) in [5.74, 6) is 0.525. The third-order valence-electron chi connectivity index (χ3n) is 4.75. The number of ether oxygens (including phenoxy) is 1. The van der Waals surface area contributed by atoms with Gasteiger partial charge in [-0.05, 0) is 70.1 Å². The van der Waals surface area contributed by atoms with E-state index >= 15 is 0 Å². The number of nitrogens with zero attached hydrogens (tertiary/aromatic N) is 1. The molecule has 3 atom stereocenters. The monoisotopic (exact) mass is 302 g/mol. The molecule has 2 aliphatic rings. The van der Waals surface area contributed by atoms with E-state index in [2.05, 4.69) is 12.1 Å². The molecule has 1 unspecified atom stereocenters. The lowest BCUT2D eigenvalue weighted by Gasteiger charge is -2.39. The van der Waals surface area contributed by atoms with E-state index in [9.17, 15) is 4.79 Å². The van der Waals surface area contributed by atoms with Gasteiger partial charge in [-0.15, -0.1) is 0 Å². The second-order valence-corrected chi connectivity index (χ2v) is 7.61. The summed E-state index contributed by atoms with van der Waals surface area (Å²) in [6.07, 6.45) is 4.10. The number of amides is 1. The molecule has 22 heavy (non-hydrogen) atoms. The summed E-state index contributed by atoms with van der Waals surface area (Å²) in [5, 5.41) is 0. The van der Waals surface area contributed by atoms with Gasteiger partial charge in [0, 0.05) is 17.8 Å². The van der Waals surface area contributed by atoms with Crippen molar-refractivity contribution in [2.24, 2.45) is 0 Å². The molecule has 4 nitrogen and oxygen atoms in total. The molecule has 1 amide bonds. The Balaban J connectivity index is 1.71. The average Bonchev–Trinajstić information content (AvgIpc) is 2.69. The number of piperidine rings is 1. The van der Waals surface area contributed by atoms with Gasteiger partial charge < -0.3 is 15.4 Å². The van der Waals surface area contributed by atoms with E-state index in [4.69, 9.17) is 10.5 Å². The average molecular weight is 302 g/mol. The van der Waals surface area contributed by atoms with Crippen LogP contribution in [0.25, 0.3) is 0 Å². The number of nitrogen functional groups attached to an aromatic ring is 1. The molecule has 2 saturated heterocycles. The Labute approximate surface area is 132 Å². The van der Waals surface area contributed by atoms with Crippen LogP contribution in [-0.4, -0.2) is 28.7 Å². The minimum atomic E-state index is -0.426. The van der Waals surface area contributed by atoms with E-state index in [0.717, 1.165) is 31.4 Å². The molecule has 0 aliphatic carbocycles. The third-order valence-corrected chi connectivity index (χ3v) is 4.75. The molecule has 0 aromatic heterocycles. The first kappa shape index (κ1) is 15.2. The highest BCUT2D eigenvalue weighted by Crippen LogP contribution is 2.43. The zero-order chi connectivity index (χ0) is 15.9. The maximum Gasteiger partial charge on any atom is 0.410 e. The summed E-state index contributed by atoms with van der Waals surface area (Å²) in [4.78, 5) is 14.4. The van der Waals surface area contributed by atoms with Gasteiger partial charge in [-0.1, -0.05) is 12.1 Å². The first-order valence-electron chi connectivity index (χ1n) is 8.20. The van der Waals surface area contributed by atoms with Crippen molar-refractivity contribution < 1.29 is 9.53 Å². The molecule has 2 heterocycles. The van der Waals surface area contributed by atoms with Gasteiger partial charge in [0.15, 0.2) is 0 Å². The second kappa shape index (κ2) is 5.49. The molecular weight excluding hydrogens is 276 g/mol. The molecule has 0 spiro atoms. The molecule has 1 aromatic carbocycles. The van der Waals surface area contributed by atoms with Crippen LogP contribution in [0.1, 0.15) is 57.9 Å². The fraction of sp³-hybridized carbons (Fsp3) is 0.611. The van der Waals surface area contributed by atoms with Crippen LogP contribution < -0.4 is 5.73 Å². The van der Waals surface area contributed by atoms with Crippen LogP contribution in [0.3, 0.4) is 0 Å². The lowest BCUT2D eigenvalue weighted by molar-refractivity contribution is 0.00585. The van der Waals surface area contributed by atoms with Crippen LogP contribution in [-0.2, 0) is 4.74 Å². The highest BCUT2D eigenvalue weighted by Gasteiger charge is 2.45. The molecule has 3 rings (SSSR count). The quantitative estimate of drug-likeness (QED) is 0.800. The lowest BCUT2D eigenvalue weighted by Crippen LogP contribution is -2.48. The Hall–Kier alpha value is -1.71. The standard InChI is InChI=1S/C18H26N2O2/c1-18(2,3)22-17(21)20-15-8-9-16(20)11-13(10-15)12-4-6-14(19)7-5-12/h4-7,13,15-16H,8-11,19H2,1-3H3/t13?,15-,16+. The summed E-state index contributed by atoms with van der Waals surface area (Å²) in [7, 11) is 0. The first-order valence-corrected chi connectivity index (χ1v) is 8.20. The van der Waals surface area contributed by atoms with Crippen molar-refractivity contribution in [3.63, 3.8) is 0 Å². The predicted molar refractivity (Wildman–Crippen MR) is 87.7 cm³/mol. The van der Waals surface area contributed by atoms with Crippen LogP contribution >= 0.6 is 0 Å². The Bertz CT molecular complexity index is 533. The molecule has 0 radical (unpaired) electrons. The maximum absolute atomic E-state index is 12.4. The Kier molecular flexibility index (Phi) is 3.79. The molecule has 2 N–H and O–H groups in total. The number of anilines is 1. The third kappa shape index (κ3) is 3.06. The summed E-state index contributed by atoms with van der Waals surface area (Å²) in [5.41, 5.74) is 7.49. The van der Waals surface area contributed by atoms with Crippen LogP contribution in [0.5, 0.6) is 0 Å². The topological polar surface area (TPSA) is 55.6 Å². The minimum absolute atomic E-state index is 0.143. The van der Waals surface area contributed by atoms with E-state index in [0.29, 0.717) is 18.0 Å². The lowest BCUT2D eigenvalue weighted by atomic mass is 9.85. The molecule has 2 fully saturated rings. The minimum Gasteiger partial charge on any atom is -0.444 e. The van der Waals surface area contributed by atoms with Gasteiger partial charge in [-0.25, -0.2) is 4.79 Å². The number of hydrogen-bond donors (Lipinski definition) is 1. The fourth-order valence-electron chi connectivity index (χ4n) is 3.83. The summed E-state index contributed by atoms with van der Waals surface area (Å²) in [6.45, 7) is 5.77. The van der Waals surface area contributed by atoms with Gasteiger partial charge in [-0.2, -0.15) is 0 Å². The number of carbonyl (C=O) groups is 1. The molecular formula is C18H26N2O2. The van der Waals surface area contributed by atoms with E-state index < -0.39 is 5.60 Å². The molecule has 120 valence electrons. The highest BCUT2D eigenvalue weighted by molar-refractivity contribution is 5.69. The van der Waals surface area contributed by atoms with E-state index in [1.165, 1.54) is 5.56 Å². The Morgan fingerprint density at radius 1 is 1.14 bits per heavy atom.